The van der Waals surface area contributed by atoms with E-state index in [9.17, 15) is 4.79 Å². The maximum absolute atomic E-state index is 12.3. The van der Waals surface area contributed by atoms with Crippen LogP contribution in [0.2, 0.25) is 0 Å². The number of hydrogen-bond donors (Lipinski definition) is 1. The number of nitrogens with one attached hydrogen (secondary N) is 1. The molecule has 108 valence electrons. The van der Waals surface area contributed by atoms with Gasteiger partial charge in [0.15, 0.2) is 0 Å². The lowest BCUT2D eigenvalue weighted by Crippen LogP contribution is -2.41. The van der Waals surface area contributed by atoms with Crippen LogP contribution in [0.15, 0.2) is 0 Å². The van der Waals surface area contributed by atoms with Gasteiger partial charge in [-0.15, -0.1) is 0 Å². The fourth-order valence-electron chi connectivity index (χ4n) is 3.94. The Morgan fingerprint density at radius 1 is 1.26 bits per heavy atom. The molecule has 3 unspecified atom stereocenters. The molecule has 0 aliphatic carbocycles. The molecule has 3 fully saturated rings. The third kappa shape index (κ3) is 3.29. The first-order valence-electron chi connectivity index (χ1n) is 7.82. The summed E-state index contributed by atoms with van der Waals surface area (Å²) in [6, 6.07) is 1.36. The smallest absolute Gasteiger partial charge is 0.222 e. The normalized spacial score (nSPS) is 37.5. The predicted molar refractivity (Wildman–Crippen MR) is 73.9 cm³/mol. The van der Waals surface area contributed by atoms with Crippen LogP contribution in [0.25, 0.3) is 0 Å². The molecular formula is C15H26N2O2. The second-order valence-electron chi connectivity index (χ2n) is 6.59. The van der Waals surface area contributed by atoms with Gasteiger partial charge in [-0.1, -0.05) is 0 Å². The monoisotopic (exact) mass is 266 g/mol. The third-order valence-electron chi connectivity index (χ3n) is 4.96. The zero-order chi connectivity index (χ0) is 13.2. The average Bonchev–Trinajstić information content (AvgIpc) is 2.99. The summed E-state index contributed by atoms with van der Waals surface area (Å²) in [4.78, 5) is 14.2. The standard InChI is InChI=1S/C15H26N2O2/c1-17(10-14-3-2-6-19-14)15(18)9-11-7-12-4-5-13(8-11)16-12/h11-14,16H,2-10H2,1H3. The van der Waals surface area contributed by atoms with E-state index in [0.29, 0.717) is 23.9 Å². The van der Waals surface area contributed by atoms with Gasteiger partial charge in [-0.05, 0) is 44.4 Å². The number of ether oxygens (including phenoxy) is 1. The van der Waals surface area contributed by atoms with Gasteiger partial charge in [0, 0.05) is 38.7 Å². The Morgan fingerprint density at radius 2 is 2.00 bits per heavy atom. The molecule has 3 aliphatic rings. The molecule has 4 heteroatoms. The molecule has 3 heterocycles. The van der Waals surface area contributed by atoms with Gasteiger partial charge in [-0.2, -0.15) is 0 Å². The molecule has 3 rings (SSSR count). The first-order valence-corrected chi connectivity index (χ1v) is 7.82. The number of likely N-dealkylation sites (N-methyl/N-ethyl adjacent to an activating group) is 1. The van der Waals surface area contributed by atoms with Gasteiger partial charge in [0.2, 0.25) is 5.91 Å². The zero-order valence-electron chi connectivity index (χ0n) is 11.9. The van der Waals surface area contributed by atoms with Crippen molar-refractivity contribution in [1.82, 2.24) is 10.2 Å². The molecule has 0 radical (unpaired) electrons. The van der Waals surface area contributed by atoms with Crippen LogP contribution < -0.4 is 5.32 Å². The maximum Gasteiger partial charge on any atom is 0.222 e. The van der Waals surface area contributed by atoms with Gasteiger partial charge in [-0.25, -0.2) is 0 Å². The first kappa shape index (κ1) is 13.4. The molecule has 2 bridgehead atoms. The Hall–Kier alpha value is -0.610. The summed E-state index contributed by atoms with van der Waals surface area (Å²) in [5.74, 6) is 0.903. The Bertz CT molecular complexity index is 316. The van der Waals surface area contributed by atoms with E-state index in [-0.39, 0.29) is 6.10 Å². The average molecular weight is 266 g/mol. The number of piperidine rings is 1. The van der Waals surface area contributed by atoms with Gasteiger partial charge in [0.25, 0.3) is 0 Å². The highest BCUT2D eigenvalue weighted by Gasteiger charge is 2.34. The lowest BCUT2D eigenvalue weighted by Gasteiger charge is -2.30. The Morgan fingerprint density at radius 3 is 2.63 bits per heavy atom. The Kier molecular flexibility index (Phi) is 4.08. The maximum atomic E-state index is 12.3. The molecule has 0 aromatic carbocycles. The van der Waals surface area contributed by atoms with E-state index in [1.54, 1.807) is 0 Å². The molecule has 0 aromatic rings. The zero-order valence-corrected chi connectivity index (χ0v) is 11.9. The predicted octanol–water partition coefficient (Wildman–Crippen LogP) is 1.54. The van der Waals surface area contributed by atoms with Crippen molar-refractivity contribution < 1.29 is 9.53 Å². The van der Waals surface area contributed by atoms with Crippen molar-refractivity contribution in [1.29, 1.82) is 0 Å². The van der Waals surface area contributed by atoms with Crippen LogP contribution in [-0.2, 0) is 9.53 Å². The molecule has 3 saturated heterocycles. The number of nitrogens with zero attached hydrogens (tertiary/aromatic N) is 1. The van der Waals surface area contributed by atoms with E-state index >= 15 is 0 Å². The molecule has 1 N–H and O–H groups in total. The summed E-state index contributed by atoms with van der Waals surface area (Å²) in [7, 11) is 1.93. The van der Waals surface area contributed by atoms with E-state index in [4.69, 9.17) is 4.74 Å². The van der Waals surface area contributed by atoms with E-state index in [2.05, 4.69) is 5.32 Å². The summed E-state index contributed by atoms with van der Waals surface area (Å²) in [6.45, 7) is 1.64. The fourth-order valence-corrected chi connectivity index (χ4v) is 3.94. The molecule has 0 aromatic heterocycles. The summed E-state index contributed by atoms with van der Waals surface area (Å²) in [5, 5.41) is 3.64. The van der Waals surface area contributed by atoms with Crippen LogP contribution in [0.1, 0.15) is 44.9 Å². The summed E-state index contributed by atoms with van der Waals surface area (Å²) in [5.41, 5.74) is 0. The molecule has 3 atom stereocenters. The van der Waals surface area contributed by atoms with Crippen LogP contribution in [0.5, 0.6) is 0 Å². The van der Waals surface area contributed by atoms with Crippen LogP contribution in [-0.4, -0.2) is 49.2 Å². The van der Waals surface area contributed by atoms with Crippen molar-refractivity contribution in [3.05, 3.63) is 0 Å². The van der Waals surface area contributed by atoms with Crippen LogP contribution in [0, 0.1) is 5.92 Å². The summed E-state index contributed by atoms with van der Waals surface area (Å²) in [6.07, 6.45) is 8.25. The second kappa shape index (κ2) is 5.80. The quantitative estimate of drug-likeness (QED) is 0.839. The van der Waals surface area contributed by atoms with Gasteiger partial charge in [0.05, 0.1) is 6.10 Å². The number of amides is 1. The second-order valence-corrected chi connectivity index (χ2v) is 6.59. The van der Waals surface area contributed by atoms with Gasteiger partial charge < -0.3 is 15.0 Å². The van der Waals surface area contributed by atoms with Crippen LogP contribution >= 0.6 is 0 Å². The van der Waals surface area contributed by atoms with Crippen LogP contribution in [0.4, 0.5) is 0 Å². The van der Waals surface area contributed by atoms with Crippen molar-refractivity contribution in [2.75, 3.05) is 20.2 Å². The SMILES string of the molecule is CN(CC1CCCO1)C(=O)CC1CC2CCC(C1)N2. The van der Waals surface area contributed by atoms with E-state index < -0.39 is 0 Å². The number of fused-ring (bicyclic) bond motifs is 2. The highest BCUT2D eigenvalue weighted by molar-refractivity contribution is 5.76. The van der Waals surface area contributed by atoms with E-state index in [1.165, 1.54) is 25.7 Å². The minimum absolute atomic E-state index is 0.276. The molecule has 1 amide bonds. The highest BCUT2D eigenvalue weighted by atomic mass is 16.5. The number of hydrogen-bond acceptors (Lipinski definition) is 3. The number of carbonyl (C=O) groups is 1. The molecular weight excluding hydrogens is 240 g/mol. The lowest BCUT2D eigenvalue weighted by molar-refractivity contribution is -0.132. The van der Waals surface area contributed by atoms with Gasteiger partial charge in [0.1, 0.15) is 0 Å². The highest BCUT2D eigenvalue weighted by Crippen LogP contribution is 2.32. The fraction of sp³-hybridized carbons (Fsp3) is 0.933. The third-order valence-corrected chi connectivity index (χ3v) is 4.96. The molecule has 0 spiro atoms. The minimum Gasteiger partial charge on any atom is -0.376 e. The number of carbonyl (C=O) groups excluding carboxylic acids is 1. The number of rotatable bonds is 4. The largest absolute Gasteiger partial charge is 0.376 e. The van der Waals surface area contributed by atoms with Crippen LogP contribution in [0.3, 0.4) is 0 Å². The van der Waals surface area contributed by atoms with Crippen molar-refractivity contribution in [2.24, 2.45) is 5.92 Å². The minimum atomic E-state index is 0.276. The van der Waals surface area contributed by atoms with Gasteiger partial charge in [-0.3, -0.25) is 4.79 Å². The molecule has 0 saturated carbocycles. The molecule has 4 nitrogen and oxygen atoms in total. The van der Waals surface area contributed by atoms with Crippen molar-refractivity contribution in [3.63, 3.8) is 0 Å². The summed E-state index contributed by atoms with van der Waals surface area (Å²) >= 11 is 0. The van der Waals surface area contributed by atoms with E-state index in [1.807, 2.05) is 11.9 Å². The van der Waals surface area contributed by atoms with Crippen molar-refractivity contribution in [2.45, 2.75) is 63.1 Å². The van der Waals surface area contributed by atoms with Crippen molar-refractivity contribution >= 4 is 5.91 Å². The molecule has 19 heavy (non-hydrogen) atoms. The first-order chi connectivity index (χ1) is 9.20. The van der Waals surface area contributed by atoms with Crippen molar-refractivity contribution in [3.8, 4) is 0 Å². The van der Waals surface area contributed by atoms with Gasteiger partial charge >= 0.3 is 0 Å². The Balaban J connectivity index is 1.44. The lowest BCUT2D eigenvalue weighted by atomic mass is 9.89. The molecule has 3 aliphatic heterocycles. The van der Waals surface area contributed by atoms with E-state index in [0.717, 1.165) is 32.4 Å². The summed E-state index contributed by atoms with van der Waals surface area (Å²) < 4.78 is 5.60. The topological polar surface area (TPSA) is 41.6 Å². The Labute approximate surface area is 115 Å².